The molecule has 0 spiro atoms. The van der Waals surface area contributed by atoms with Crippen molar-refractivity contribution in [1.82, 2.24) is 10.2 Å². The largest absolute Gasteiger partial charge is 0.493 e. The second-order valence-corrected chi connectivity index (χ2v) is 5.86. The first-order valence-corrected chi connectivity index (χ1v) is 8.49. The topological polar surface area (TPSA) is 74.7 Å². The molecule has 1 aliphatic rings. The van der Waals surface area contributed by atoms with Gasteiger partial charge in [-0.3, -0.25) is 0 Å². The molecule has 4 rings (SSSR count). The average Bonchev–Trinajstić information content (AvgIpc) is 2.73. The van der Waals surface area contributed by atoms with Crippen LogP contribution in [0.2, 0.25) is 0 Å². The van der Waals surface area contributed by atoms with Gasteiger partial charge in [-0.05, 0) is 42.5 Å². The Morgan fingerprint density at radius 3 is 2.37 bits per heavy atom. The van der Waals surface area contributed by atoms with E-state index in [9.17, 15) is 0 Å². The van der Waals surface area contributed by atoms with E-state index >= 15 is 0 Å². The van der Waals surface area contributed by atoms with E-state index in [-0.39, 0.29) is 0 Å². The van der Waals surface area contributed by atoms with E-state index in [4.69, 9.17) is 18.9 Å². The Labute approximate surface area is 156 Å². The molecule has 0 atom stereocenters. The summed E-state index contributed by atoms with van der Waals surface area (Å²) in [6.45, 7) is 1.12. The van der Waals surface area contributed by atoms with Gasteiger partial charge in [0.25, 0.3) is 0 Å². The van der Waals surface area contributed by atoms with Crippen molar-refractivity contribution in [3.8, 4) is 34.3 Å². The predicted molar refractivity (Wildman–Crippen MR) is 101 cm³/mol. The number of benzene rings is 2. The molecule has 0 unspecified atom stereocenters. The molecule has 3 aromatic rings. The smallest absolute Gasteiger partial charge is 0.163 e. The first-order valence-electron chi connectivity index (χ1n) is 8.49. The quantitative estimate of drug-likeness (QED) is 0.739. The number of hydrogen-bond acceptors (Lipinski definition) is 7. The molecule has 0 radical (unpaired) electrons. The molecule has 2 aromatic carbocycles. The highest BCUT2D eigenvalue weighted by molar-refractivity contribution is 5.66. The second-order valence-electron chi connectivity index (χ2n) is 5.86. The Morgan fingerprint density at radius 2 is 1.63 bits per heavy atom. The number of fused-ring (bicyclic) bond motifs is 1. The molecule has 1 aromatic heterocycles. The zero-order chi connectivity index (χ0) is 18.6. The second kappa shape index (κ2) is 7.41. The maximum absolute atomic E-state index is 5.60. The van der Waals surface area contributed by atoms with Gasteiger partial charge in [0.2, 0.25) is 0 Å². The SMILES string of the molecule is COc1ccc(-c2ccc(Nc3ccc4c(c3)OCCO4)nn2)cc1OC. The first-order chi connectivity index (χ1) is 13.3. The summed E-state index contributed by atoms with van der Waals surface area (Å²) in [7, 11) is 3.21. The maximum atomic E-state index is 5.60. The molecule has 7 nitrogen and oxygen atoms in total. The Bertz CT molecular complexity index is 944. The first kappa shape index (κ1) is 17.0. The van der Waals surface area contributed by atoms with Crippen molar-refractivity contribution in [2.75, 3.05) is 32.8 Å². The molecule has 7 heteroatoms. The summed E-state index contributed by atoms with van der Waals surface area (Å²) in [5.74, 6) is 3.43. The van der Waals surface area contributed by atoms with Gasteiger partial charge in [-0.25, -0.2) is 0 Å². The highest BCUT2D eigenvalue weighted by Gasteiger charge is 2.12. The molecule has 27 heavy (non-hydrogen) atoms. The Hall–Kier alpha value is -3.48. The minimum atomic E-state index is 0.552. The van der Waals surface area contributed by atoms with Crippen molar-refractivity contribution in [1.29, 1.82) is 0 Å². The van der Waals surface area contributed by atoms with E-state index in [1.165, 1.54) is 0 Å². The van der Waals surface area contributed by atoms with E-state index in [2.05, 4.69) is 15.5 Å². The summed E-state index contributed by atoms with van der Waals surface area (Å²) in [6, 6.07) is 15.1. The summed E-state index contributed by atoms with van der Waals surface area (Å²) < 4.78 is 21.7. The molecule has 0 aliphatic carbocycles. The fourth-order valence-corrected chi connectivity index (χ4v) is 2.82. The van der Waals surface area contributed by atoms with Crippen molar-refractivity contribution in [2.45, 2.75) is 0 Å². The van der Waals surface area contributed by atoms with Crippen LogP contribution in [-0.4, -0.2) is 37.6 Å². The molecule has 0 saturated heterocycles. The van der Waals surface area contributed by atoms with Crippen LogP contribution in [0.25, 0.3) is 11.3 Å². The van der Waals surface area contributed by atoms with Gasteiger partial charge in [0.1, 0.15) is 13.2 Å². The van der Waals surface area contributed by atoms with Crippen LogP contribution in [-0.2, 0) is 0 Å². The zero-order valence-corrected chi connectivity index (χ0v) is 15.1. The van der Waals surface area contributed by atoms with Gasteiger partial charge >= 0.3 is 0 Å². The van der Waals surface area contributed by atoms with E-state index in [1.54, 1.807) is 14.2 Å². The van der Waals surface area contributed by atoms with Crippen LogP contribution >= 0.6 is 0 Å². The van der Waals surface area contributed by atoms with Crippen LogP contribution in [0.4, 0.5) is 11.5 Å². The van der Waals surface area contributed by atoms with Gasteiger partial charge in [-0.2, -0.15) is 0 Å². The lowest BCUT2D eigenvalue weighted by Gasteiger charge is -2.19. The number of ether oxygens (including phenoxy) is 4. The zero-order valence-electron chi connectivity index (χ0n) is 15.1. The number of aromatic nitrogens is 2. The normalized spacial score (nSPS) is 12.4. The lowest BCUT2D eigenvalue weighted by Crippen LogP contribution is -2.15. The molecule has 1 aliphatic heterocycles. The summed E-state index contributed by atoms with van der Waals surface area (Å²) in [5, 5.41) is 11.8. The van der Waals surface area contributed by atoms with E-state index in [0.29, 0.717) is 30.5 Å². The van der Waals surface area contributed by atoms with E-state index < -0.39 is 0 Å². The van der Waals surface area contributed by atoms with Crippen molar-refractivity contribution < 1.29 is 18.9 Å². The third-order valence-corrected chi connectivity index (χ3v) is 4.16. The summed E-state index contributed by atoms with van der Waals surface area (Å²) in [6.07, 6.45) is 0. The molecular formula is C20H19N3O4. The number of nitrogens with one attached hydrogen (secondary N) is 1. The van der Waals surface area contributed by atoms with Crippen LogP contribution in [0.15, 0.2) is 48.5 Å². The molecule has 0 amide bonds. The number of hydrogen-bond donors (Lipinski definition) is 1. The van der Waals surface area contributed by atoms with Gasteiger partial charge in [-0.15, -0.1) is 10.2 Å². The molecule has 2 heterocycles. The third kappa shape index (κ3) is 3.57. The van der Waals surface area contributed by atoms with E-state index in [1.807, 2.05) is 48.5 Å². The number of nitrogens with zero attached hydrogens (tertiary/aromatic N) is 2. The lowest BCUT2D eigenvalue weighted by molar-refractivity contribution is 0.171. The van der Waals surface area contributed by atoms with Crippen molar-refractivity contribution in [3.63, 3.8) is 0 Å². The number of rotatable bonds is 5. The fourth-order valence-electron chi connectivity index (χ4n) is 2.82. The lowest BCUT2D eigenvalue weighted by atomic mass is 10.1. The molecule has 138 valence electrons. The van der Waals surface area contributed by atoms with Crippen molar-refractivity contribution in [2.24, 2.45) is 0 Å². The van der Waals surface area contributed by atoms with Crippen LogP contribution in [0.1, 0.15) is 0 Å². The molecule has 0 bridgehead atoms. The maximum Gasteiger partial charge on any atom is 0.163 e. The van der Waals surface area contributed by atoms with Gasteiger partial charge in [0.05, 0.1) is 19.9 Å². The van der Waals surface area contributed by atoms with Crippen LogP contribution < -0.4 is 24.3 Å². The summed E-state index contributed by atoms with van der Waals surface area (Å²) >= 11 is 0. The molecular weight excluding hydrogens is 346 g/mol. The highest BCUT2D eigenvalue weighted by atomic mass is 16.6. The standard InChI is InChI=1S/C20H19N3O4/c1-24-16-6-3-13(11-18(16)25-2)15-5-8-20(23-22-15)21-14-4-7-17-19(12-14)27-10-9-26-17/h3-8,11-12H,9-10H2,1-2H3,(H,21,23). The van der Waals surface area contributed by atoms with Crippen LogP contribution in [0, 0.1) is 0 Å². The van der Waals surface area contributed by atoms with Gasteiger partial charge in [-0.1, -0.05) is 0 Å². The number of methoxy groups -OCH3 is 2. The summed E-state index contributed by atoms with van der Waals surface area (Å²) in [5.41, 5.74) is 2.49. The monoisotopic (exact) mass is 365 g/mol. The average molecular weight is 365 g/mol. The van der Waals surface area contributed by atoms with E-state index in [0.717, 1.165) is 28.4 Å². The predicted octanol–water partition coefficient (Wildman–Crippen LogP) is 3.68. The fraction of sp³-hybridized carbons (Fsp3) is 0.200. The Balaban J connectivity index is 1.52. The van der Waals surface area contributed by atoms with Crippen molar-refractivity contribution in [3.05, 3.63) is 48.5 Å². The van der Waals surface area contributed by atoms with Crippen molar-refractivity contribution >= 4 is 11.5 Å². The minimum absolute atomic E-state index is 0.552. The molecule has 1 N–H and O–H groups in total. The number of anilines is 2. The van der Waals surface area contributed by atoms with Gasteiger partial charge in [0.15, 0.2) is 28.8 Å². The third-order valence-electron chi connectivity index (χ3n) is 4.16. The van der Waals surface area contributed by atoms with Gasteiger partial charge in [0, 0.05) is 17.3 Å². The summed E-state index contributed by atoms with van der Waals surface area (Å²) in [4.78, 5) is 0. The Morgan fingerprint density at radius 1 is 0.815 bits per heavy atom. The van der Waals surface area contributed by atoms with Crippen LogP contribution in [0.5, 0.6) is 23.0 Å². The van der Waals surface area contributed by atoms with Crippen LogP contribution in [0.3, 0.4) is 0 Å². The molecule has 0 saturated carbocycles. The molecule has 0 fully saturated rings. The van der Waals surface area contributed by atoms with Gasteiger partial charge < -0.3 is 24.3 Å². The highest BCUT2D eigenvalue weighted by Crippen LogP contribution is 2.34. The Kier molecular flexibility index (Phi) is 4.65. The minimum Gasteiger partial charge on any atom is -0.493 e.